The van der Waals surface area contributed by atoms with Gasteiger partial charge in [0.15, 0.2) is 0 Å². The zero-order valence-electron chi connectivity index (χ0n) is 15.5. The van der Waals surface area contributed by atoms with Crippen LogP contribution in [-0.2, 0) is 6.61 Å². The maximum atomic E-state index is 13.4. The summed E-state index contributed by atoms with van der Waals surface area (Å²) in [6, 6.07) is 20.1. The van der Waals surface area contributed by atoms with Gasteiger partial charge >= 0.3 is 0 Å². The molecule has 1 heterocycles. The Bertz CT molecular complexity index is 1290. The molecule has 0 saturated carbocycles. The van der Waals surface area contributed by atoms with Gasteiger partial charge in [-0.05, 0) is 82.3 Å². The number of benzene rings is 3. The highest BCUT2D eigenvalue weighted by Crippen LogP contribution is 2.26. The number of nitrogens with one attached hydrogen (secondary N) is 1. The van der Waals surface area contributed by atoms with Crippen molar-refractivity contribution in [3.05, 3.63) is 91.5 Å². The predicted molar refractivity (Wildman–Crippen MR) is 127 cm³/mol. The third kappa shape index (κ3) is 4.71. The number of nitrogens with zero attached hydrogens (tertiary/aromatic N) is 2. The Morgan fingerprint density at radius 3 is 2.70 bits per heavy atom. The molecule has 4 rings (SSSR count). The van der Waals surface area contributed by atoms with Crippen LogP contribution in [0.5, 0.6) is 5.75 Å². The van der Waals surface area contributed by atoms with E-state index in [9.17, 15) is 9.65 Å². The minimum Gasteiger partial charge on any atom is -0.488 e. The number of hydrogen-bond donors (Lipinski definition) is 1. The highest BCUT2D eigenvalue weighted by molar-refractivity contribution is 14.1. The number of aromatic nitrogens is 2. The second kappa shape index (κ2) is 8.98. The average Bonchev–Trinajstić information content (AvgIpc) is 3.15. The van der Waals surface area contributed by atoms with Crippen LogP contribution >= 0.6 is 38.5 Å². The summed E-state index contributed by atoms with van der Waals surface area (Å²) in [6.45, 7) is 0.470. The zero-order valence-corrected chi connectivity index (χ0v) is 19.2. The van der Waals surface area contributed by atoms with E-state index in [1.807, 2.05) is 42.5 Å². The standard InChI is InChI=1S/C23H14BrFIN3O/c24-17-4-1-14(2-5-17)13-30-22-8-3-15(10-19(22)26)9-16(12-27)23-28-20-7-6-18(25)11-21(20)29-23/h1-11H,13H2,(H,28,29)/b16-9-. The molecule has 30 heavy (non-hydrogen) atoms. The van der Waals surface area contributed by atoms with E-state index in [0.717, 1.165) is 24.9 Å². The lowest BCUT2D eigenvalue weighted by atomic mass is 10.1. The Hall–Kier alpha value is -2.70. The summed E-state index contributed by atoms with van der Waals surface area (Å²) in [4.78, 5) is 7.39. The van der Waals surface area contributed by atoms with Crippen molar-refractivity contribution >= 4 is 61.2 Å². The van der Waals surface area contributed by atoms with Gasteiger partial charge < -0.3 is 9.72 Å². The SMILES string of the molecule is N#C/C(=C/c1ccc(OCc2ccc(Br)cc2)c(I)c1)c1nc2ccc(F)cc2[nH]1. The summed E-state index contributed by atoms with van der Waals surface area (Å²) in [5, 5.41) is 9.59. The number of halogens is 3. The molecule has 0 radical (unpaired) electrons. The number of fused-ring (bicyclic) bond motifs is 1. The first kappa shape index (κ1) is 20.6. The number of aromatic amines is 1. The van der Waals surface area contributed by atoms with Gasteiger partial charge in [0, 0.05) is 4.47 Å². The second-order valence-corrected chi connectivity index (χ2v) is 8.60. The molecule has 7 heteroatoms. The normalized spacial score (nSPS) is 11.5. The molecule has 1 aromatic heterocycles. The summed E-state index contributed by atoms with van der Waals surface area (Å²) < 4.78 is 21.3. The van der Waals surface area contributed by atoms with E-state index >= 15 is 0 Å². The van der Waals surface area contributed by atoms with Crippen LogP contribution in [0.1, 0.15) is 17.0 Å². The average molecular weight is 574 g/mol. The van der Waals surface area contributed by atoms with Crippen molar-refractivity contribution in [3.8, 4) is 11.8 Å². The molecule has 0 amide bonds. The molecule has 0 spiro atoms. The van der Waals surface area contributed by atoms with E-state index in [0.29, 0.717) is 29.0 Å². The van der Waals surface area contributed by atoms with Crippen LogP contribution in [0.25, 0.3) is 22.7 Å². The predicted octanol–water partition coefficient (Wildman–Crippen LogP) is 6.71. The fourth-order valence-electron chi connectivity index (χ4n) is 2.90. The van der Waals surface area contributed by atoms with Gasteiger partial charge in [-0.3, -0.25) is 0 Å². The topological polar surface area (TPSA) is 61.7 Å². The molecule has 0 aliphatic rings. The van der Waals surface area contributed by atoms with Crippen LogP contribution in [0.2, 0.25) is 0 Å². The third-order valence-electron chi connectivity index (χ3n) is 4.39. The third-order valence-corrected chi connectivity index (χ3v) is 5.77. The first-order chi connectivity index (χ1) is 14.5. The van der Waals surface area contributed by atoms with E-state index in [1.165, 1.54) is 12.1 Å². The summed E-state index contributed by atoms with van der Waals surface area (Å²) in [7, 11) is 0. The summed E-state index contributed by atoms with van der Waals surface area (Å²) >= 11 is 5.64. The Labute approximate surface area is 194 Å². The maximum Gasteiger partial charge on any atom is 0.149 e. The quantitative estimate of drug-likeness (QED) is 0.213. The fraction of sp³-hybridized carbons (Fsp3) is 0.0435. The molecule has 0 atom stereocenters. The fourth-order valence-corrected chi connectivity index (χ4v) is 3.85. The molecule has 4 aromatic rings. The molecule has 0 aliphatic heterocycles. The molecule has 0 unspecified atom stereocenters. The van der Waals surface area contributed by atoms with Crippen molar-refractivity contribution in [2.75, 3.05) is 0 Å². The lowest BCUT2D eigenvalue weighted by Gasteiger charge is -2.09. The van der Waals surface area contributed by atoms with Gasteiger partial charge in [0.1, 0.15) is 30.1 Å². The Morgan fingerprint density at radius 1 is 1.17 bits per heavy atom. The summed E-state index contributed by atoms with van der Waals surface area (Å²) in [6.07, 6.45) is 1.74. The van der Waals surface area contributed by atoms with Crippen LogP contribution < -0.4 is 4.74 Å². The van der Waals surface area contributed by atoms with Crippen molar-refractivity contribution in [1.29, 1.82) is 5.26 Å². The minimum atomic E-state index is -0.353. The van der Waals surface area contributed by atoms with Crippen LogP contribution in [0.4, 0.5) is 4.39 Å². The molecular weight excluding hydrogens is 560 g/mol. The zero-order chi connectivity index (χ0) is 21.1. The number of H-pyrrole nitrogens is 1. The lowest BCUT2D eigenvalue weighted by molar-refractivity contribution is 0.304. The highest BCUT2D eigenvalue weighted by atomic mass is 127. The molecule has 0 fully saturated rings. The van der Waals surface area contributed by atoms with Gasteiger partial charge in [0.05, 0.1) is 20.2 Å². The smallest absolute Gasteiger partial charge is 0.149 e. The van der Waals surface area contributed by atoms with Gasteiger partial charge in [0.2, 0.25) is 0 Å². The van der Waals surface area contributed by atoms with E-state index in [-0.39, 0.29) is 5.82 Å². The van der Waals surface area contributed by atoms with E-state index in [2.05, 4.69) is 54.6 Å². The number of nitriles is 1. The van der Waals surface area contributed by atoms with Crippen molar-refractivity contribution < 1.29 is 9.13 Å². The van der Waals surface area contributed by atoms with Crippen molar-refractivity contribution in [2.45, 2.75) is 6.61 Å². The van der Waals surface area contributed by atoms with Gasteiger partial charge in [-0.1, -0.05) is 34.1 Å². The Balaban J connectivity index is 1.55. The first-order valence-electron chi connectivity index (χ1n) is 8.96. The number of rotatable bonds is 5. The molecule has 1 N–H and O–H groups in total. The Kier molecular flexibility index (Phi) is 6.16. The lowest BCUT2D eigenvalue weighted by Crippen LogP contribution is -1.97. The van der Waals surface area contributed by atoms with Crippen LogP contribution in [0.3, 0.4) is 0 Å². The molecule has 0 saturated heterocycles. The van der Waals surface area contributed by atoms with E-state index in [1.54, 1.807) is 12.1 Å². The van der Waals surface area contributed by atoms with Gasteiger partial charge in [-0.15, -0.1) is 0 Å². The largest absolute Gasteiger partial charge is 0.488 e. The van der Waals surface area contributed by atoms with Crippen LogP contribution in [0.15, 0.2) is 65.1 Å². The summed E-state index contributed by atoms with van der Waals surface area (Å²) in [5.41, 5.74) is 3.45. The second-order valence-electron chi connectivity index (χ2n) is 6.52. The molecule has 4 nitrogen and oxygen atoms in total. The molecule has 148 valence electrons. The van der Waals surface area contributed by atoms with E-state index in [4.69, 9.17) is 4.74 Å². The number of imidazole rings is 1. The van der Waals surface area contributed by atoms with Crippen LogP contribution in [-0.4, -0.2) is 9.97 Å². The number of allylic oxidation sites excluding steroid dienone is 1. The van der Waals surface area contributed by atoms with E-state index < -0.39 is 0 Å². The molecule has 3 aromatic carbocycles. The van der Waals surface area contributed by atoms with Crippen molar-refractivity contribution in [2.24, 2.45) is 0 Å². The molecule has 0 bridgehead atoms. The van der Waals surface area contributed by atoms with Crippen molar-refractivity contribution in [1.82, 2.24) is 9.97 Å². The minimum absolute atomic E-state index is 0.353. The van der Waals surface area contributed by atoms with Crippen LogP contribution in [0, 0.1) is 20.7 Å². The Morgan fingerprint density at radius 2 is 1.97 bits per heavy atom. The highest BCUT2D eigenvalue weighted by Gasteiger charge is 2.10. The molecular formula is C23H14BrFIN3O. The summed E-state index contributed by atoms with van der Waals surface area (Å²) in [5.74, 6) is 0.825. The first-order valence-corrected chi connectivity index (χ1v) is 10.8. The molecule has 0 aliphatic carbocycles. The van der Waals surface area contributed by atoms with Gasteiger partial charge in [-0.2, -0.15) is 5.26 Å². The maximum absolute atomic E-state index is 13.4. The van der Waals surface area contributed by atoms with Crippen molar-refractivity contribution in [3.63, 3.8) is 0 Å². The van der Waals surface area contributed by atoms with Gasteiger partial charge in [0.25, 0.3) is 0 Å². The monoisotopic (exact) mass is 573 g/mol. The number of ether oxygens (including phenoxy) is 1. The van der Waals surface area contributed by atoms with Gasteiger partial charge in [-0.25, -0.2) is 9.37 Å². The number of hydrogen-bond acceptors (Lipinski definition) is 3.